The second-order valence-corrected chi connectivity index (χ2v) is 5.89. The lowest BCUT2D eigenvalue weighted by Crippen LogP contribution is -2.27. The fourth-order valence-corrected chi connectivity index (χ4v) is 2.03. The van der Waals surface area contributed by atoms with Crippen LogP contribution in [0.25, 0.3) is 0 Å². The Morgan fingerprint density at radius 1 is 1.26 bits per heavy atom. The summed E-state index contributed by atoms with van der Waals surface area (Å²) in [7, 11) is 0. The molecular weight excluding hydrogens is 296 g/mol. The number of hydrogen-bond acceptors (Lipinski definition) is 4. The molecule has 6 nitrogen and oxygen atoms in total. The SMILES string of the molecule is CC(C)OC(=O)CCNC(=O)c1cccc(NC(=O)C2CC2)c1. The Morgan fingerprint density at radius 3 is 2.65 bits per heavy atom. The minimum atomic E-state index is -0.342. The topological polar surface area (TPSA) is 84.5 Å². The number of carbonyl (C=O) groups excluding carboxylic acids is 3. The van der Waals surface area contributed by atoms with Crippen LogP contribution in [-0.2, 0) is 14.3 Å². The Morgan fingerprint density at radius 2 is 2.00 bits per heavy atom. The fourth-order valence-electron chi connectivity index (χ4n) is 2.03. The number of ether oxygens (including phenoxy) is 1. The van der Waals surface area contributed by atoms with Crippen LogP contribution in [-0.4, -0.2) is 30.4 Å². The first-order chi connectivity index (χ1) is 11.0. The van der Waals surface area contributed by atoms with E-state index in [4.69, 9.17) is 4.74 Å². The highest BCUT2D eigenvalue weighted by atomic mass is 16.5. The van der Waals surface area contributed by atoms with Gasteiger partial charge in [-0.25, -0.2) is 0 Å². The van der Waals surface area contributed by atoms with Gasteiger partial charge < -0.3 is 15.4 Å². The zero-order valence-electron chi connectivity index (χ0n) is 13.4. The largest absolute Gasteiger partial charge is 0.463 e. The number of amides is 2. The molecule has 1 aromatic rings. The third-order valence-electron chi connectivity index (χ3n) is 3.32. The van der Waals surface area contributed by atoms with E-state index in [1.807, 2.05) is 0 Å². The van der Waals surface area contributed by atoms with Crippen molar-refractivity contribution in [3.05, 3.63) is 29.8 Å². The van der Waals surface area contributed by atoms with Gasteiger partial charge in [-0.1, -0.05) is 6.07 Å². The number of benzene rings is 1. The predicted octanol–water partition coefficient (Wildman–Crippen LogP) is 2.11. The minimum Gasteiger partial charge on any atom is -0.463 e. The molecule has 0 heterocycles. The Bertz CT molecular complexity index is 594. The van der Waals surface area contributed by atoms with Crippen molar-refractivity contribution in [2.75, 3.05) is 11.9 Å². The maximum absolute atomic E-state index is 12.1. The molecule has 0 atom stereocenters. The summed E-state index contributed by atoms with van der Waals surface area (Å²) < 4.78 is 4.99. The number of esters is 1. The van der Waals surface area contributed by atoms with Gasteiger partial charge in [-0.2, -0.15) is 0 Å². The second-order valence-electron chi connectivity index (χ2n) is 5.89. The molecule has 0 radical (unpaired) electrons. The van der Waals surface area contributed by atoms with Crippen LogP contribution in [0.2, 0.25) is 0 Å². The van der Waals surface area contributed by atoms with Crippen molar-refractivity contribution in [3.8, 4) is 0 Å². The van der Waals surface area contributed by atoms with Crippen molar-refractivity contribution in [3.63, 3.8) is 0 Å². The molecule has 0 saturated heterocycles. The van der Waals surface area contributed by atoms with Gasteiger partial charge in [0.2, 0.25) is 5.91 Å². The van der Waals surface area contributed by atoms with Crippen LogP contribution in [0.1, 0.15) is 43.5 Å². The van der Waals surface area contributed by atoms with Crippen LogP contribution in [0, 0.1) is 5.92 Å². The van der Waals surface area contributed by atoms with E-state index in [0.29, 0.717) is 11.3 Å². The first-order valence-corrected chi connectivity index (χ1v) is 7.84. The molecule has 23 heavy (non-hydrogen) atoms. The Hall–Kier alpha value is -2.37. The molecule has 0 spiro atoms. The van der Waals surface area contributed by atoms with Gasteiger partial charge >= 0.3 is 5.97 Å². The van der Waals surface area contributed by atoms with E-state index in [9.17, 15) is 14.4 Å². The summed E-state index contributed by atoms with van der Waals surface area (Å²) in [4.78, 5) is 35.2. The first-order valence-electron chi connectivity index (χ1n) is 7.84. The van der Waals surface area contributed by atoms with Crippen molar-refractivity contribution < 1.29 is 19.1 Å². The van der Waals surface area contributed by atoms with Crippen LogP contribution < -0.4 is 10.6 Å². The third kappa shape index (κ3) is 5.73. The van der Waals surface area contributed by atoms with Crippen LogP contribution in [0.4, 0.5) is 5.69 Å². The molecule has 2 N–H and O–H groups in total. The summed E-state index contributed by atoms with van der Waals surface area (Å²) in [5, 5.41) is 5.47. The van der Waals surface area contributed by atoms with E-state index in [-0.39, 0.29) is 42.8 Å². The molecule has 1 saturated carbocycles. The van der Waals surface area contributed by atoms with E-state index in [1.165, 1.54) is 0 Å². The molecule has 2 amide bonds. The van der Waals surface area contributed by atoms with Crippen molar-refractivity contribution >= 4 is 23.5 Å². The number of anilines is 1. The highest BCUT2D eigenvalue weighted by Gasteiger charge is 2.29. The average Bonchev–Trinajstić information content (AvgIpc) is 3.31. The standard InChI is InChI=1S/C17H22N2O4/c1-11(2)23-15(20)8-9-18-16(21)13-4-3-5-14(10-13)19-17(22)12-6-7-12/h3-5,10-12H,6-9H2,1-2H3,(H,18,21)(H,19,22). The van der Waals surface area contributed by atoms with Gasteiger partial charge in [0.1, 0.15) is 0 Å². The van der Waals surface area contributed by atoms with Gasteiger partial charge in [0.05, 0.1) is 12.5 Å². The highest BCUT2D eigenvalue weighted by molar-refractivity contribution is 5.98. The molecule has 0 unspecified atom stereocenters. The molecule has 0 bridgehead atoms. The van der Waals surface area contributed by atoms with Crippen LogP contribution in [0.15, 0.2) is 24.3 Å². The first kappa shape index (κ1) is 17.0. The summed E-state index contributed by atoms with van der Waals surface area (Å²) in [6, 6.07) is 6.75. The molecule has 6 heteroatoms. The highest BCUT2D eigenvalue weighted by Crippen LogP contribution is 2.30. The molecule has 1 aliphatic rings. The normalized spacial score (nSPS) is 13.5. The van der Waals surface area contributed by atoms with E-state index >= 15 is 0 Å². The summed E-state index contributed by atoms with van der Waals surface area (Å²) in [6.07, 6.45) is 1.82. The van der Waals surface area contributed by atoms with E-state index in [0.717, 1.165) is 12.8 Å². The van der Waals surface area contributed by atoms with Gasteiger partial charge in [0.25, 0.3) is 5.91 Å². The molecule has 124 valence electrons. The molecule has 2 rings (SSSR count). The smallest absolute Gasteiger partial charge is 0.307 e. The second kappa shape index (κ2) is 7.76. The van der Waals surface area contributed by atoms with E-state index < -0.39 is 0 Å². The molecule has 0 aliphatic heterocycles. The maximum atomic E-state index is 12.1. The summed E-state index contributed by atoms with van der Waals surface area (Å²) in [6.45, 7) is 3.76. The fraction of sp³-hybridized carbons (Fsp3) is 0.471. The van der Waals surface area contributed by atoms with Crippen LogP contribution in [0.3, 0.4) is 0 Å². The number of rotatable bonds is 7. The summed E-state index contributed by atoms with van der Waals surface area (Å²) >= 11 is 0. The third-order valence-corrected chi connectivity index (χ3v) is 3.32. The lowest BCUT2D eigenvalue weighted by atomic mass is 10.2. The van der Waals surface area contributed by atoms with Gasteiger partial charge in [0, 0.05) is 23.7 Å². The Balaban J connectivity index is 1.82. The lowest BCUT2D eigenvalue weighted by molar-refractivity contribution is -0.147. The van der Waals surface area contributed by atoms with Gasteiger partial charge in [-0.15, -0.1) is 0 Å². The average molecular weight is 318 g/mol. The molecule has 1 aromatic carbocycles. The minimum absolute atomic E-state index is 0.000936. The summed E-state index contributed by atoms with van der Waals surface area (Å²) in [5.41, 5.74) is 1.05. The zero-order chi connectivity index (χ0) is 16.8. The molecule has 0 aromatic heterocycles. The van der Waals surface area contributed by atoms with Gasteiger partial charge in [-0.3, -0.25) is 14.4 Å². The Labute approximate surface area is 135 Å². The van der Waals surface area contributed by atoms with Gasteiger partial charge in [0.15, 0.2) is 0 Å². The van der Waals surface area contributed by atoms with E-state index in [2.05, 4.69) is 10.6 Å². The van der Waals surface area contributed by atoms with E-state index in [1.54, 1.807) is 38.1 Å². The van der Waals surface area contributed by atoms with Crippen molar-refractivity contribution in [1.29, 1.82) is 0 Å². The van der Waals surface area contributed by atoms with Crippen molar-refractivity contribution in [1.82, 2.24) is 5.32 Å². The quantitative estimate of drug-likeness (QED) is 0.754. The maximum Gasteiger partial charge on any atom is 0.307 e. The number of nitrogens with one attached hydrogen (secondary N) is 2. The van der Waals surface area contributed by atoms with Crippen LogP contribution in [0.5, 0.6) is 0 Å². The number of carbonyl (C=O) groups is 3. The van der Waals surface area contributed by atoms with Gasteiger partial charge in [-0.05, 0) is 44.9 Å². The van der Waals surface area contributed by atoms with Crippen LogP contribution >= 0.6 is 0 Å². The Kier molecular flexibility index (Phi) is 5.73. The van der Waals surface area contributed by atoms with Crippen molar-refractivity contribution in [2.45, 2.75) is 39.2 Å². The molecular formula is C17H22N2O4. The molecule has 1 aliphatic carbocycles. The summed E-state index contributed by atoms with van der Waals surface area (Å²) in [5.74, 6) is -0.519. The van der Waals surface area contributed by atoms with Crippen molar-refractivity contribution in [2.24, 2.45) is 5.92 Å². The monoisotopic (exact) mass is 318 g/mol. The zero-order valence-corrected chi connectivity index (χ0v) is 13.4. The predicted molar refractivity (Wildman–Crippen MR) is 86.0 cm³/mol. The molecule has 1 fully saturated rings. The number of hydrogen-bond donors (Lipinski definition) is 2. The lowest BCUT2D eigenvalue weighted by Gasteiger charge is -2.09.